The summed E-state index contributed by atoms with van der Waals surface area (Å²) in [7, 11) is 0. The average Bonchev–Trinajstić information content (AvgIpc) is 2.41. The molecular weight excluding hydrogens is 316 g/mol. The summed E-state index contributed by atoms with van der Waals surface area (Å²) in [6, 6.07) is 0. The van der Waals surface area contributed by atoms with Crippen LogP contribution >= 0.6 is 31.9 Å². The molecule has 0 atom stereocenters. The molecule has 0 bridgehead atoms. The fraction of sp³-hybridized carbons (Fsp3) is 0.333. The van der Waals surface area contributed by atoms with Crippen LogP contribution in [0.4, 0.5) is 0 Å². The number of ketones is 1. The molecule has 0 radical (unpaired) electrons. The van der Waals surface area contributed by atoms with E-state index >= 15 is 0 Å². The molecule has 14 heavy (non-hydrogen) atoms. The molecule has 0 aliphatic carbocycles. The predicted molar refractivity (Wildman–Crippen MR) is 59.0 cm³/mol. The molecule has 0 aromatic heterocycles. The van der Waals surface area contributed by atoms with Crippen LogP contribution in [0.3, 0.4) is 0 Å². The zero-order valence-corrected chi connectivity index (χ0v) is 10.6. The van der Waals surface area contributed by atoms with E-state index in [0.717, 1.165) is 0 Å². The summed E-state index contributed by atoms with van der Waals surface area (Å²) in [5.41, 5.74) is 0.109. The molecule has 1 aliphatic heterocycles. The third kappa shape index (κ3) is 2.15. The normalized spacial score (nSPS) is 19.1. The van der Waals surface area contributed by atoms with E-state index in [0.29, 0.717) is 23.1 Å². The van der Waals surface area contributed by atoms with Gasteiger partial charge in [-0.2, -0.15) is 0 Å². The molecular formula is C9H8Br2O3. The van der Waals surface area contributed by atoms with Gasteiger partial charge in [-0.3, -0.25) is 4.79 Å². The topological polar surface area (TPSA) is 43.4 Å². The second-order valence-corrected chi connectivity index (χ2v) is 3.98. The van der Waals surface area contributed by atoms with Crippen molar-refractivity contribution in [3.8, 4) is 0 Å². The average molecular weight is 324 g/mol. The van der Waals surface area contributed by atoms with Gasteiger partial charge < -0.3 is 4.74 Å². The Morgan fingerprint density at radius 1 is 1.57 bits per heavy atom. The predicted octanol–water partition coefficient (Wildman–Crippen LogP) is 2.80. The Balaban J connectivity index is 3.01. The number of halogens is 2. The fourth-order valence-corrected chi connectivity index (χ4v) is 2.27. The molecule has 0 saturated carbocycles. The number of allylic oxidation sites excluding steroid dienone is 1. The van der Waals surface area contributed by atoms with E-state index in [-0.39, 0.29) is 11.4 Å². The first-order valence-electron chi connectivity index (χ1n) is 4.07. The van der Waals surface area contributed by atoms with E-state index in [1.54, 1.807) is 0 Å². The maximum atomic E-state index is 11.5. The van der Waals surface area contributed by atoms with E-state index < -0.39 is 5.97 Å². The van der Waals surface area contributed by atoms with Gasteiger partial charge in [0.1, 0.15) is 5.57 Å². The van der Waals surface area contributed by atoms with E-state index in [2.05, 4.69) is 31.9 Å². The molecule has 5 heteroatoms. The number of cyclic esters (lactones) is 1. The summed E-state index contributed by atoms with van der Waals surface area (Å²) in [6.07, 6.45) is 1.07. The van der Waals surface area contributed by atoms with Gasteiger partial charge in [0, 0.05) is 11.4 Å². The molecule has 0 spiro atoms. The quantitative estimate of drug-likeness (QED) is 0.592. The van der Waals surface area contributed by atoms with Gasteiger partial charge in [0.25, 0.3) is 0 Å². The van der Waals surface area contributed by atoms with Crippen LogP contribution in [0.1, 0.15) is 19.8 Å². The molecule has 0 fully saturated rings. The number of carbonyl (C=O) groups excluding carboxylic acids is 2. The summed E-state index contributed by atoms with van der Waals surface area (Å²) in [4.78, 5) is 24.2. The van der Waals surface area contributed by atoms with Gasteiger partial charge in [0.2, 0.25) is 0 Å². The van der Waals surface area contributed by atoms with Gasteiger partial charge >= 0.3 is 5.97 Å². The Labute approximate surface area is 98.4 Å². The third-order valence-electron chi connectivity index (χ3n) is 1.70. The van der Waals surface area contributed by atoms with Gasteiger partial charge in [-0.25, -0.2) is 4.79 Å². The molecule has 0 amide bonds. The smallest absolute Gasteiger partial charge is 0.348 e. The van der Waals surface area contributed by atoms with E-state index in [1.165, 1.54) is 4.99 Å². The first kappa shape index (κ1) is 11.7. The van der Waals surface area contributed by atoms with Crippen molar-refractivity contribution >= 4 is 43.6 Å². The van der Waals surface area contributed by atoms with Gasteiger partial charge in [0.05, 0.1) is 4.48 Å². The number of esters is 1. The van der Waals surface area contributed by atoms with Crippen LogP contribution in [0.25, 0.3) is 0 Å². The summed E-state index contributed by atoms with van der Waals surface area (Å²) < 4.78 is 5.26. The summed E-state index contributed by atoms with van der Waals surface area (Å²) in [5.74, 6) is -0.427. The van der Waals surface area contributed by atoms with Crippen molar-refractivity contribution in [3.05, 3.63) is 20.8 Å². The Hall–Kier alpha value is -0.420. The van der Waals surface area contributed by atoms with Crippen molar-refractivity contribution in [1.29, 1.82) is 0 Å². The van der Waals surface area contributed by atoms with Crippen LogP contribution in [-0.4, -0.2) is 11.8 Å². The Morgan fingerprint density at radius 3 is 2.64 bits per heavy atom. The molecule has 0 N–H and O–H groups in total. The molecule has 1 aliphatic rings. The minimum absolute atomic E-state index is 0.109. The zero-order valence-electron chi connectivity index (χ0n) is 7.47. The Kier molecular flexibility index (Phi) is 4.07. The number of ether oxygens (including phenoxy) is 1. The Bertz CT molecular complexity index is 342. The lowest BCUT2D eigenvalue weighted by molar-refractivity contribution is -0.134. The lowest BCUT2D eigenvalue weighted by Gasteiger charge is -1.95. The van der Waals surface area contributed by atoms with Crippen LogP contribution in [0.5, 0.6) is 0 Å². The Morgan fingerprint density at radius 2 is 2.21 bits per heavy atom. The molecule has 76 valence electrons. The maximum absolute atomic E-state index is 11.5. The first-order chi connectivity index (χ1) is 6.61. The summed E-state index contributed by atoms with van der Waals surface area (Å²) in [5, 5.41) is 0. The highest BCUT2D eigenvalue weighted by atomic mass is 79.9. The highest BCUT2D eigenvalue weighted by Gasteiger charge is 2.32. The van der Waals surface area contributed by atoms with Crippen LogP contribution in [0.15, 0.2) is 20.8 Å². The van der Waals surface area contributed by atoms with Crippen molar-refractivity contribution in [1.82, 2.24) is 0 Å². The lowest BCUT2D eigenvalue weighted by Crippen LogP contribution is -2.09. The number of hydrogen-bond acceptors (Lipinski definition) is 3. The number of Topliss-reactive ketones (excluding diaryl/α,β-unsaturated/α-hetero) is 1. The van der Waals surface area contributed by atoms with Crippen LogP contribution in [0.2, 0.25) is 0 Å². The second-order valence-electron chi connectivity index (χ2n) is 2.73. The number of rotatable bonds is 3. The summed E-state index contributed by atoms with van der Waals surface area (Å²) in [6.45, 7) is 1.88. The van der Waals surface area contributed by atoms with Crippen LogP contribution < -0.4 is 0 Å². The zero-order chi connectivity index (χ0) is 10.7. The van der Waals surface area contributed by atoms with Gasteiger partial charge in [-0.1, -0.05) is 22.9 Å². The van der Waals surface area contributed by atoms with E-state index in [9.17, 15) is 9.59 Å². The second kappa shape index (κ2) is 4.89. The van der Waals surface area contributed by atoms with Crippen molar-refractivity contribution in [2.45, 2.75) is 19.8 Å². The van der Waals surface area contributed by atoms with Crippen molar-refractivity contribution in [3.63, 3.8) is 0 Å². The van der Waals surface area contributed by atoms with Crippen molar-refractivity contribution in [2.24, 2.45) is 0 Å². The molecule has 3 nitrogen and oxygen atoms in total. The van der Waals surface area contributed by atoms with Crippen LogP contribution in [0, 0.1) is 0 Å². The summed E-state index contributed by atoms with van der Waals surface area (Å²) >= 11 is 6.20. The van der Waals surface area contributed by atoms with E-state index in [1.807, 2.05) is 6.92 Å². The monoisotopic (exact) mass is 322 g/mol. The molecule has 1 heterocycles. The van der Waals surface area contributed by atoms with Crippen LogP contribution in [-0.2, 0) is 14.3 Å². The van der Waals surface area contributed by atoms with E-state index in [4.69, 9.17) is 4.74 Å². The lowest BCUT2D eigenvalue weighted by atomic mass is 10.1. The third-order valence-corrected chi connectivity index (χ3v) is 2.90. The van der Waals surface area contributed by atoms with Gasteiger partial charge in [-0.15, -0.1) is 0 Å². The minimum atomic E-state index is -0.582. The molecule has 0 aromatic rings. The van der Waals surface area contributed by atoms with Gasteiger partial charge in [0.15, 0.2) is 11.5 Å². The fourth-order valence-electron chi connectivity index (χ4n) is 1.07. The minimum Gasteiger partial charge on any atom is -0.421 e. The molecule has 1 rings (SSSR count). The maximum Gasteiger partial charge on any atom is 0.348 e. The standard InChI is InChI=1S/C9H8Br2O3/c1-2-3-5(12)7-8(11)6(4-10)14-9(7)13/h4H,2-3H2,1H3. The SMILES string of the molecule is CCCC(=O)C1=C(Br)C(=CBr)OC1=O. The molecule has 0 unspecified atom stereocenters. The first-order valence-corrected chi connectivity index (χ1v) is 5.78. The van der Waals surface area contributed by atoms with Crippen molar-refractivity contribution < 1.29 is 14.3 Å². The molecule has 0 aromatic carbocycles. The highest BCUT2D eigenvalue weighted by molar-refractivity contribution is 9.12. The van der Waals surface area contributed by atoms with Crippen molar-refractivity contribution in [2.75, 3.05) is 0 Å². The highest BCUT2D eigenvalue weighted by Crippen LogP contribution is 2.32. The number of carbonyl (C=O) groups is 2. The number of hydrogen-bond donors (Lipinski definition) is 0. The largest absolute Gasteiger partial charge is 0.421 e. The van der Waals surface area contributed by atoms with Gasteiger partial charge in [-0.05, 0) is 22.4 Å². The molecule has 0 saturated heterocycles.